The first-order valence-electron chi connectivity index (χ1n) is 8.28. The maximum atomic E-state index is 12.1. The van der Waals surface area contributed by atoms with Crippen molar-refractivity contribution < 1.29 is 4.79 Å². The summed E-state index contributed by atoms with van der Waals surface area (Å²) >= 11 is 0. The van der Waals surface area contributed by atoms with Gasteiger partial charge >= 0.3 is 0 Å². The molecule has 0 bridgehead atoms. The van der Waals surface area contributed by atoms with Crippen molar-refractivity contribution in [2.75, 3.05) is 13.6 Å². The number of benzene rings is 1. The summed E-state index contributed by atoms with van der Waals surface area (Å²) < 4.78 is 1.94. The Kier molecular flexibility index (Phi) is 5.08. The van der Waals surface area contributed by atoms with Gasteiger partial charge in [-0.25, -0.2) is 0 Å². The fourth-order valence-electron chi connectivity index (χ4n) is 3.30. The fraction of sp³-hybridized carbons (Fsp3) is 0.444. The highest BCUT2D eigenvalue weighted by molar-refractivity contribution is 5.81. The Balaban J connectivity index is 1.77. The SMILES string of the molecule is CNC(=O)[C@@H]1CCCCN1Cc1ccccc1Cn1cccn1. The summed E-state index contributed by atoms with van der Waals surface area (Å²) in [5, 5.41) is 7.10. The molecule has 0 unspecified atom stereocenters. The molecule has 1 amide bonds. The lowest BCUT2D eigenvalue weighted by Crippen LogP contribution is -2.48. The molecule has 1 saturated heterocycles. The van der Waals surface area contributed by atoms with E-state index in [1.807, 2.05) is 16.9 Å². The number of carbonyl (C=O) groups excluding carboxylic acids is 1. The van der Waals surface area contributed by atoms with Crippen LogP contribution in [0.3, 0.4) is 0 Å². The normalized spacial score (nSPS) is 18.7. The van der Waals surface area contributed by atoms with E-state index in [-0.39, 0.29) is 11.9 Å². The molecule has 1 aromatic heterocycles. The van der Waals surface area contributed by atoms with Gasteiger partial charge in [0.05, 0.1) is 12.6 Å². The summed E-state index contributed by atoms with van der Waals surface area (Å²) in [7, 11) is 1.72. The van der Waals surface area contributed by atoms with Crippen molar-refractivity contribution in [3.05, 3.63) is 53.9 Å². The zero-order valence-electron chi connectivity index (χ0n) is 13.6. The molecule has 2 heterocycles. The van der Waals surface area contributed by atoms with Crippen molar-refractivity contribution in [1.29, 1.82) is 0 Å². The molecule has 5 nitrogen and oxygen atoms in total. The summed E-state index contributed by atoms with van der Waals surface area (Å²) in [5.74, 6) is 0.134. The van der Waals surface area contributed by atoms with Crippen LogP contribution < -0.4 is 5.32 Å². The van der Waals surface area contributed by atoms with Gasteiger partial charge in [0.25, 0.3) is 0 Å². The number of hydrogen-bond acceptors (Lipinski definition) is 3. The Labute approximate surface area is 137 Å². The molecule has 1 N–H and O–H groups in total. The number of likely N-dealkylation sites (tertiary alicyclic amines) is 1. The first-order chi connectivity index (χ1) is 11.3. The smallest absolute Gasteiger partial charge is 0.237 e. The molecule has 1 fully saturated rings. The van der Waals surface area contributed by atoms with Crippen molar-refractivity contribution in [3.63, 3.8) is 0 Å². The van der Waals surface area contributed by atoms with E-state index in [1.165, 1.54) is 11.1 Å². The minimum atomic E-state index is -0.00786. The van der Waals surface area contributed by atoms with Crippen LogP contribution in [0.5, 0.6) is 0 Å². The number of nitrogens with zero attached hydrogens (tertiary/aromatic N) is 3. The zero-order valence-corrected chi connectivity index (χ0v) is 13.6. The Morgan fingerprint density at radius 1 is 1.22 bits per heavy atom. The standard InChI is InChI=1S/C18H24N4O/c1-19-18(23)17-9-4-5-11-21(17)13-15-7-2-3-8-16(15)14-22-12-6-10-20-22/h2-3,6-8,10,12,17H,4-5,9,11,13-14H2,1H3,(H,19,23)/t17-/m0/s1. The lowest BCUT2D eigenvalue weighted by Gasteiger charge is -2.34. The van der Waals surface area contributed by atoms with Gasteiger partial charge in [-0.1, -0.05) is 30.7 Å². The predicted octanol–water partition coefficient (Wildman–Crippen LogP) is 2.03. The van der Waals surface area contributed by atoms with E-state index in [0.717, 1.165) is 38.9 Å². The van der Waals surface area contributed by atoms with Crippen molar-refractivity contribution >= 4 is 5.91 Å². The quantitative estimate of drug-likeness (QED) is 0.919. The highest BCUT2D eigenvalue weighted by atomic mass is 16.2. The van der Waals surface area contributed by atoms with Gasteiger partial charge in [-0.15, -0.1) is 0 Å². The molecule has 0 aliphatic carbocycles. The molecular formula is C18H24N4O. The Morgan fingerprint density at radius 3 is 2.70 bits per heavy atom. The Morgan fingerprint density at radius 2 is 2.00 bits per heavy atom. The second-order valence-electron chi connectivity index (χ2n) is 6.07. The molecule has 2 aromatic rings. The Bertz CT molecular complexity index is 638. The van der Waals surface area contributed by atoms with Gasteiger partial charge in [-0.3, -0.25) is 14.4 Å². The number of carbonyl (C=O) groups is 1. The molecular weight excluding hydrogens is 288 g/mol. The molecule has 1 atom stereocenters. The van der Waals surface area contributed by atoms with Crippen molar-refractivity contribution in [2.45, 2.75) is 38.4 Å². The third-order valence-electron chi connectivity index (χ3n) is 4.55. The molecule has 1 aromatic carbocycles. The van der Waals surface area contributed by atoms with Gasteiger partial charge < -0.3 is 5.32 Å². The highest BCUT2D eigenvalue weighted by Crippen LogP contribution is 2.21. The van der Waals surface area contributed by atoms with Crippen LogP contribution >= 0.6 is 0 Å². The van der Waals surface area contributed by atoms with Crippen LogP contribution in [0.4, 0.5) is 0 Å². The average molecular weight is 312 g/mol. The largest absolute Gasteiger partial charge is 0.358 e. The minimum Gasteiger partial charge on any atom is -0.358 e. The molecule has 122 valence electrons. The summed E-state index contributed by atoms with van der Waals surface area (Å²) in [6.45, 7) is 2.56. The second-order valence-corrected chi connectivity index (χ2v) is 6.07. The van der Waals surface area contributed by atoms with Crippen molar-refractivity contribution in [1.82, 2.24) is 20.0 Å². The van der Waals surface area contributed by atoms with E-state index in [4.69, 9.17) is 0 Å². The predicted molar refractivity (Wildman–Crippen MR) is 89.9 cm³/mol. The molecule has 0 radical (unpaired) electrons. The van der Waals surface area contributed by atoms with E-state index in [2.05, 4.69) is 39.6 Å². The summed E-state index contributed by atoms with van der Waals surface area (Å²) in [6.07, 6.45) is 7.01. The number of nitrogens with one attached hydrogen (secondary N) is 1. The number of aromatic nitrogens is 2. The molecule has 3 rings (SSSR count). The zero-order chi connectivity index (χ0) is 16.1. The summed E-state index contributed by atoms with van der Waals surface area (Å²) in [5.41, 5.74) is 2.54. The van der Waals surface area contributed by atoms with Gasteiger partial charge in [-0.2, -0.15) is 5.10 Å². The van der Waals surface area contributed by atoms with Crippen LogP contribution in [-0.2, 0) is 17.9 Å². The molecule has 23 heavy (non-hydrogen) atoms. The van der Waals surface area contributed by atoms with Crippen LogP contribution in [0, 0.1) is 0 Å². The number of hydrogen-bond donors (Lipinski definition) is 1. The third-order valence-corrected chi connectivity index (χ3v) is 4.55. The third kappa shape index (κ3) is 3.79. The van der Waals surface area contributed by atoms with Crippen molar-refractivity contribution in [3.8, 4) is 0 Å². The molecule has 1 aliphatic rings. The van der Waals surface area contributed by atoms with E-state index < -0.39 is 0 Å². The maximum absolute atomic E-state index is 12.1. The topological polar surface area (TPSA) is 50.2 Å². The number of rotatable bonds is 5. The molecule has 0 spiro atoms. The van der Waals surface area contributed by atoms with Crippen LogP contribution in [0.2, 0.25) is 0 Å². The number of piperidine rings is 1. The van der Waals surface area contributed by atoms with E-state index >= 15 is 0 Å². The highest BCUT2D eigenvalue weighted by Gasteiger charge is 2.28. The summed E-state index contributed by atoms with van der Waals surface area (Å²) in [4.78, 5) is 14.5. The van der Waals surface area contributed by atoms with Gasteiger partial charge in [0, 0.05) is 26.0 Å². The monoisotopic (exact) mass is 312 g/mol. The molecule has 0 saturated carbocycles. The lowest BCUT2D eigenvalue weighted by atomic mass is 9.99. The first-order valence-corrected chi connectivity index (χ1v) is 8.28. The maximum Gasteiger partial charge on any atom is 0.237 e. The first kappa shape index (κ1) is 15.7. The van der Waals surface area contributed by atoms with Crippen molar-refractivity contribution in [2.24, 2.45) is 0 Å². The minimum absolute atomic E-state index is 0.00786. The summed E-state index contributed by atoms with van der Waals surface area (Å²) in [6, 6.07) is 10.4. The van der Waals surface area contributed by atoms with Crippen LogP contribution in [0.15, 0.2) is 42.7 Å². The van der Waals surface area contributed by atoms with Gasteiger partial charge in [0.15, 0.2) is 0 Å². The van der Waals surface area contributed by atoms with Crippen LogP contribution in [-0.4, -0.2) is 40.2 Å². The van der Waals surface area contributed by atoms with Gasteiger partial charge in [0.2, 0.25) is 5.91 Å². The average Bonchev–Trinajstić information content (AvgIpc) is 3.09. The number of likely N-dealkylation sites (N-methyl/N-ethyl adjacent to an activating group) is 1. The fourth-order valence-corrected chi connectivity index (χ4v) is 3.30. The van der Waals surface area contributed by atoms with Crippen LogP contribution in [0.1, 0.15) is 30.4 Å². The molecule has 5 heteroatoms. The van der Waals surface area contributed by atoms with Crippen LogP contribution in [0.25, 0.3) is 0 Å². The Hall–Kier alpha value is -2.14. The van der Waals surface area contributed by atoms with E-state index in [9.17, 15) is 4.79 Å². The molecule has 1 aliphatic heterocycles. The van der Waals surface area contributed by atoms with Gasteiger partial charge in [0.1, 0.15) is 0 Å². The van der Waals surface area contributed by atoms with Gasteiger partial charge in [-0.05, 0) is 36.6 Å². The number of amides is 1. The second kappa shape index (κ2) is 7.42. The lowest BCUT2D eigenvalue weighted by molar-refractivity contribution is -0.127. The van der Waals surface area contributed by atoms with E-state index in [0.29, 0.717) is 0 Å². The van der Waals surface area contributed by atoms with E-state index in [1.54, 1.807) is 13.2 Å².